The van der Waals surface area contributed by atoms with E-state index in [0.717, 1.165) is 9.13 Å². The van der Waals surface area contributed by atoms with E-state index >= 15 is 0 Å². The molecule has 1 unspecified atom stereocenters. The molecule has 0 saturated carbocycles. The van der Waals surface area contributed by atoms with Crippen molar-refractivity contribution in [1.82, 2.24) is 5.32 Å². The molecule has 1 atom stereocenters. The van der Waals surface area contributed by atoms with Crippen LogP contribution in [0.3, 0.4) is 0 Å². The highest BCUT2D eigenvalue weighted by Crippen LogP contribution is 2.34. The Morgan fingerprint density at radius 1 is 1.05 bits per heavy atom. The summed E-state index contributed by atoms with van der Waals surface area (Å²) in [5, 5.41) is 3.14. The van der Waals surface area contributed by atoms with E-state index in [1.165, 1.54) is 13.2 Å². The van der Waals surface area contributed by atoms with Crippen molar-refractivity contribution in [2.75, 3.05) is 21.3 Å². The molecule has 2 rings (SSSR count). The third kappa shape index (κ3) is 3.47. The van der Waals surface area contributed by atoms with Crippen LogP contribution in [0.15, 0.2) is 36.4 Å². The highest BCUT2D eigenvalue weighted by molar-refractivity contribution is 14.1. The Labute approximate surface area is 137 Å². The second-order valence-corrected chi connectivity index (χ2v) is 5.75. The second-order valence-electron chi connectivity index (χ2n) is 4.50. The van der Waals surface area contributed by atoms with Crippen molar-refractivity contribution >= 4 is 22.6 Å². The number of hydrogen-bond acceptors (Lipinski definition) is 3. The first kappa shape index (κ1) is 16.0. The Kier molecular flexibility index (Phi) is 5.41. The fourth-order valence-corrected chi connectivity index (χ4v) is 2.61. The van der Waals surface area contributed by atoms with Gasteiger partial charge in [-0.2, -0.15) is 0 Å². The molecule has 0 saturated heterocycles. The van der Waals surface area contributed by atoms with E-state index in [1.807, 2.05) is 24.3 Å². The maximum absolute atomic E-state index is 14.4. The summed E-state index contributed by atoms with van der Waals surface area (Å²) in [5.41, 5.74) is 1.51. The zero-order valence-corrected chi connectivity index (χ0v) is 14.3. The highest BCUT2D eigenvalue weighted by atomic mass is 127. The van der Waals surface area contributed by atoms with Crippen LogP contribution in [0.25, 0.3) is 0 Å². The van der Waals surface area contributed by atoms with Crippen molar-refractivity contribution in [3.05, 3.63) is 56.9 Å². The lowest BCUT2D eigenvalue weighted by atomic mass is 9.98. The van der Waals surface area contributed by atoms with Crippen LogP contribution in [0, 0.1) is 9.39 Å². The molecule has 0 aliphatic carbocycles. The van der Waals surface area contributed by atoms with Crippen molar-refractivity contribution in [2.24, 2.45) is 0 Å². The van der Waals surface area contributed by atoms with Gasteiger partial charge in [0.2, 0.25) is 0 Å². The average Bonchev–Trinajstić information content (AvgIpc) is 2.50. The van der Waals surface area contributed by atoms with Crippen molar-refractivity contribution in [3.63, 3.8) is 0 Å². The monoisotopic (exact) mass is 401 g/mol. The highest BCUT2D eigenvalue weighted by Gasteiger charge is 2.19. The minimum absolute atomic E-state index is 0.248. The van der Waals surface area contributed by atoms with Crippen LogP contribution in [0.5, 0.6) is 11.5 Å². The summed E-state index contributed by atoms with van der Waals surface area (Å²) >= 11 is 2.24. The molecule has 112 valence electrons. The normalized spacial score (nSPS) is 12.0. The molecule has 0 aliphatic rings. The van der Waals surface area contributed by atoms with Gasteiger partial charge in [0.05, 0.1) is 20.3 Å². The van der Waals surface area contributed by atoms with Crippen LogP contribution >= 0.6 is 22.6 Å². The maximum Gasteiger partial charge on any atom is 0.163 e. The molecule has 2 aromatic rings. The molecule has 0 aliphatic heterocycles. The topological polar surface area (TPSA) is 30.5 Å². The van der Waals surface area contributed by atoms with E-state index in [4.69, 9.17) is 9.47 Å². The van der Waals surface area contributed by atoms with E-state index in [1.54, 1.807) is 20.2 Å². The predicted octanol–water partition coefficient (Wildman–Crippen LogP) is 3.76. The van der Waals surface area contributed by atoms with Gasteiger partial charge < -0.3 is 14.8 Å². The van der Waals surface area contributed by atoms with Gasteiger partial charge >= 0.3 is 0 Å². The molecular formula is C16H17FINO2. The Morgan fingerprint density at radius 2 is 1.62 bits per heavy atom. The van der Waals surface area contributed by atoms with Crippen molar-refractivity contribution in [2.45, 2.75) is 6.04 Å². The lowest BCUT2D eigenvalue weighted by molar-refractivity contribution is 0.351. The van der Waals surface area contributed by atoms with Crippen LogP contribution in [-0.4, -0.2) is 21.3 Å². The summed E-state index contributed by atoms with van der Waals surface area (Å²) in [6.07, 6.45) is 0. The standard InChI is InChI=1S/C16H17FINO2/c1-19-16(10-4-6-11(18)7-5-10)12-8-14(20-2)15(21-3)9-13(12)17/h4-9,16,19H,1-3H3. The van der Waals surface area contributed by atoms with E-state index in [2.05, 4.69) is 27.9 Å². The molecule has 0 aromatic heterocycles. The second kappa shape index (κ2) is 7.09. The molecular weight excluding hydrogens is 384 g/mol. The molecule has 0 amide bonds. The van der Waals surface area contributed by atoms with Crippen molar-refractivity contribution in [3.8, 4) is 11.5 Å². The summed E-state index contributed by atoms with van der Waals surface area (Å²) in [5.74, 6) is 0.571. The van der Waals surface area contributed by atoms with Crippen LogP contribution in [0.4, 0.5) is 4.39 Å². The van der Waals surface area contributed by atoms with Crippen LogP contribution in [-0.2, 0) is 0 Å². The smallest absolute Gasteiger partial charge is 0.163 e. The zero-order chi connectivity index (χ0) is 15.4. The summed E-state index contributed by atoms with van der Waals surface area (Å²) in [4.78, 5) is 0. The molecule has 3 nitrogen and oxygen atoms in total. The molecule has 0 bridgehead atoms. The van der Waals surface area contributed by atoms with E-state index in [0.29, 0.717) is 17.1 Å². The third-order valence-electron chi connectivity index (χ3n) is 3.31. The van der Waals surface area contributed by atoms with Gasteiger partial charge in [0.1, 0.15) is 5.82 Å². The van der Waals surface area contributed by atoms with E-state index in [-0.39, 0.29) is 11.9 Å². The van der Waals surface area contributed by atoms with Crippen LogP contribution in [0.1, 0.15) is 17.2 Å². The Bertz CT molecular complexity index is 616. The third-order valence-corrected chi connectivity index (χ3v) is 4.03. The van der Waals surface area contributed by atoms with E-state index < -0.39 is 0 Å². The van der Waals surface area contributed by atoms with Gasteiger partial charge in [-0.1, -0.05) is 12.1 Å². The fourth-order valence-electron chi connectivity index (χ4n) is 2.25. The van der Waals surface area contributed by atoms with Crippen molar-refractivity contribution < 1.29 is 13.9 Å². The lowest BCUT2D eigenvalue weighted by Crippen LogP contribution is -2.19. The molecule has 21 heavy (non-hydrogen) atoms. The largest absolute Gasteiger partial charge is 0.493 e. The van der Waals surface area contributed by atoms with Crippen LogP contribution in [0.2, 0.25) is 0 Å². The Hall–Kier alpha value is -1.34. The minimum atomic E-state index is -0.328. The summed E-state index contributed by atoms with van der Waals surface area (Å²) in [7, 11) is 4.84. The fraction of sp³-hybridized carbons (Fsp3) is 0.250. The van der Waals surface area contributed by atoms with E-state index in [9.17, 15) is 4.39 Å². The molecule has 0 spiro atoms. The number of benzene rings is 2. The summed E-state index contributed by atoms with van der Waals surface area (Å²) < 4.78 is 25.9. The number of nitrogens with one attached hydrogen (secondary N) is 1. The van der Waals surface area contributed by atoms with Gasteiger partial charge in [-0.05, 0) is 53.4 Å². The summed E-state index contributed by atoms with van der Waals surface area (Å²) in [6.45, 7) is 0. The average molecular weight is 401 g/mol. The molecule has 1 N–H and O–H groups in total. The Morgan fingerprint density at radius 3 is 2.14 bits per heavy atom. The van der Waals surface area contributed by atoms with Gasteiger partial charge in [0.25, 0.3) is 0 Å². The molecule has 0 radical (unpaired) electrons. The first-order chi connectivity index (χ1) is 10.1. The van der Waals surface area contributed by atoms with Crippen LogP contribution < -0.4 is 14.8 Å². The van der Waals surface area contributed by atoms with Gasteiger partial charge in [0, 0.05) is 15.2 Å². The SMILES string of the molecule is CNC(c1ccc(I)cc1)c1cc(OC)c(OC)cc1F. The zero-order valence-electron chi connectivity index (χ0n) is 12.1. The number of hydrogen-bond donors (Lipinski definition) is 1. The number of halogens is 2. The van der Waals surface area contributed by atoms with Gasteiger partial charge in [0.15, 0.2) is 11.5 Å². The Balaban J connectivity index is 2.49. The van der Waals surface area contributed by atoms with Crippen molar-refractivity contribution in [1.29, 1.82) is 0 Å². The predicted molar refractivity (Wildman–Crippen MR) is 89.6 cm³/mol. The van der Waals surface area contributed by atoms with Gasteiger partial charge in [-0.3, -0.25) is 0 Å². The maximum atomic E-state index is 14.4. The lowest BCUT2D eigenvalue weighted by Gasteiger charge is -2.20. The first-order valence-corrected chi connectivity index (χ1v) is 7.52. The molecule has 0 heterocycles. The molecule has 0 fully saturated rings. The minimum Gasteiger partial charge on any atom is -0.493 e. The molecule has 2 aromatic carbocycles. The molecule has 5 heteroatoms. The number of methoxy groups -OCH3 is 2. The van der Waals surface area contributed by atoms with Gasteiger partial charge in [-0.25, -0.2) is 4.39 Å². The first-order valence-electron chi connectivity index (χ1n) is 6.44. The number of rotatable bonds is 5. The van der Waals surface area contributed by atoms with Gasteiger partial charge in [-0.15, -0.1) is 0 Å². The number of ether oxygens (including phenoxy) is 2. The quantitative estimate of drug-likeness (QED) is 0.775. The summed E-state index contributed by atoms with van der Waals surface area (Å²) in [6, 6.07) is 10.7.